The zero-order valence-electron chi connectivity index (χ0n) is 9.71. The van der Waals surface area contributed by atoms with Crippen LogP contribution in [0.4, 0.5) is 4.79 Å². The molecule has 0 aliphatic carbocycles. The summed E-state index contributed by atoms with van der Waals surface area (Å²) in [5.41, 5.74) is 1.96. The molecule has 0 spiro atoms. The van der Waals surface area contributed by atoms with Crippen molar-refractivity contribution in [3.63, 3.8) is 0 Å². The van der Waals surface area contributed by atoms with E-state index >= 15 is 0 Å². The van der Waals surface area contributed by atoms with Gasteiger partial charge >= 0.3 is 6.03 Å². The fourth-order valence-electron chi connectivity index (χ4n) is 2.04. The molecular weight excluding hydrogens is 204 g/mol. The van der Waals surface area contributed by atoms with Crippen molar-refractivity contribution in [1.82, 2.24) is 9.55 Å². The van der Waals surface area contributed by atoms with Gasteiger partial charge in [-0.05, 0) is 6.92 Å². The van der Waals surface area contributed by atoms with E-state index in [-0.39, 0.29) is 10.5 Å². The molecule has 16 heavy (non-hydrogen) atoms. The van der Waals surface area contributed by atoms with E-state index in [0.29, 0.717) is 0 Å². The Morgan fingerprint density at radius 1 is 1.56 bits per heavy atom. The van der Waals surface area contributed by atoms with Gasteiger partial charge in [-0.15, -0.1) is 0 Å². The third-order valence-corrected chi connectivity index (χ3v) is 2.92. The smallest absolute Gasteiger partial charge is 0.245 e. The standard InChI is InChI=1S/C11H15N4O/c1-4-10-9(2)13-8-15(10,3)11(16)14-6-5-12-7-14/h5-8H,4H2,1-3H3/q+1. The molecule has 1 aliphatic rings. The molecule has 0 bridgehead atoms. The molecule has 2 rings (SSSR count). The van der Waals surface area contributed by atoms with Crippen LogP contribution in [0.1, 0.15) is 20.3 Å². The number of imidazole rings is 1. The first kappa shape index (κ1) is 10.8. The van der Waals surface area contributed by atoms with E-state index in [1.54, 1.807) is 18.7 Å². The van der Waals surface area contributed by atoms with Crippen LogP contribution in [0.25, 0.3) is 0 Å². The average Bonchev–Trinajstić information content (AvgIpc) is 2.87. The van der Waals surface area contributed by atoms with Gasteiger partial charge in [0.25, 0.3) is 0 Å². The van der Waals surface area contributed by atoms with Crippen molar-refractivity contribution in [1.29, 1.82) is 0 Å². The van der Waals surface area contributed by atoms with Crippen LogP contribution in [0.15, 0.2) is 35.1 Å². The number of allylic oxidation sites excluding steroid dienone is 2. The first-order valence-corrected chi connectivity index (χ1v) is 5.24. The molecule has 84 valence electrons. The van der Waals surface area contributed by atoms with E-state index in [0.717, 1.165) is 17.8 Å². The van der Waals surface area contributed by atoms with Crippen molar-refractivity contribution in [2.75, 3.05) is 7.05 Å². The van der Waals surface area contributed by atoms with E-state index in [1.165, 1.54) is 10.9 Å². The Balaban J connectivity index is 2.41. The fourth-order valence-corrected chi connectivity index (χ4v) is 2.04. The van der Waals surface area contributed by atoms with Gasteiger partial charge in [-0.2, -0.15) is 4.48 Å². The number of quaternary nitrogens is 1. The summed E-state index contributed by atoms with van der Waals surface area (Å²) in [5.74, 6) is 0. The van der Waals surface area contributed by atoms with Gasteiger partial charge in [0, 0.05) is 18.8 Å². The summed E-state index contributed by atoms with van der Waals surface area (Å²) in [4.78, 5) is 20.4. The average molecular weight is 219 g/mol. The lowest BCUT2D eigenvalue weighted by Crippen LogP contribution is -2.47. The number of hydrogen-bond acceptors (Lipinski definition) is 3. The third kappa shape index (κ3) is 1.40. The van der Waals surface area contributed by atoms with Gasteiger partial charge in [-0.1, -0.05) is 6.92 Å². The molecule has 0 aromatic carbocycles. The Morgan fingerprint density at radius 3 is 2.88 bits per heavy atom. The lowest BCUT2D eigenvalue weighted by atomic mass is 10.2. The van der Waals surface area contributed by atoms with Crippen molar-refractivity contribution in [3.05, 3.63) is 30.1 Å². The van der Waals surface area contributed by atoms with Crippen LogP contribution in [-0.2, 0) is 0 Å². The highest BCUT2D eigenvalue weighted by Gasteiger charge is 2.40. The van der Waals surface area contributed by atoms with Crippen LogP contribution in [0.5, 0.6) is 0 Å². The molecule has 0 radical (unpaired) electrons. The number of amides is 1. The van der Waals surface area contributed by atoms with Crippen molar-refractivity contribution in [3.8, 4) is 0 Å². The summed E-state index contributed by atoms with van der Waals surface area (Å²) < 4.78 is 1.60. The van der Waals surface area contributed by atoms with Crippen molar-refractivity contribution in [2.45, 2.75) is 20.3 Å². The molecule has 1 aromatic heterocycles. The zero-order valence-corrected chi connectivity index (χ0v) is 9.71. The summed E-state index contributed by atoms with van der Waals surface area (Å²) in [5, 5.41) is 0. The number of carbonyl (C=O) groups excluding carboxylic acids is 1. The Hall–Kier alpha value is -1.75. The van der Waals surface area contributed by atoms with Gasteiger partial charge in [0.1, 0.15) is 17.7 Å². The molecule has 1 aromatic rings. The normalized spacial score (nSPS) is 24.2. The molecule has 1 atom stereocenters. The highest BCUT2D eigenvalue weighted by Crippen LogP contribution is 2.27. The molecule has 0 N–H and O–H groups in total. The van der Waals surface area contributed by atoms with Crippen molar-refractivity contribution >= 4 is 12.4 Å². The van der Waals surface area contributed by atoms with Gasteiger partial charge < -0.3 is 0 Å². The molecule has 1 aliphatic heterocycles. The summed E-state index contributed by atoms with van der Waals surface area (Å²) in [6.07, 6.45) is 7.25. The quantitative estimate of drug-likeness (QED) is 0.678. The zero-order chi connectivity index (χ0) is 11.8. The Labute approximate surface area is 94.3 Å². The predicted octanol–water partition coefficient (Wildman–Crippen LogP) is 1.98. The lowest BCUT2D eigenvalue weighted by molar-refractivity contribution is -0.683. The minimum absolute atomic E-state index is 0.0602. The van der Waals surface area contributed by atoms with Crippen LogP contribution in [0.3, 0.4) is 0 Å². The molecule has 1 unspecified atom stereocenters. The van der Waals surface area contributed by atoms with E-state index in [1.807, 2.05) is 20.9 Å². The van der Waals surface area contributed by atoms with Gasteiger partial charge in [-0.3, -0.25) is 0 Å². The lowest BCUT2D eigenvalue weighted by Gasteiger charge is -2.24. The number of aliphatic imine (C=N–C) groups is 1. The molecule has 0 fully saturated rings. The Morgan fingerprint density at radius 2 is 2.31 bits per heavy atom. The molecule has 0 saturated carbocycles. The van der Waals surface area contributed by atoms with Crippen molar-refractivity contribution in [2.24, 2.45) is 4.99 Å². The summed E-state index contributed by atoms with van der Waals surface area (Å²) in [6, 6.07) is -0.0602. The van der Waals surface area contributed by atoms with E-state index in [2.05, 4.69) is 9.98 Å². The highest BCUT2D eigenvalue weighted by atomic mass is 16.2. The SMILES string of the molecule is CCC1=C(C)N=C[N+]1(C)C(=O)n1ccnc1. The van der Waals surface area contributed by atoms with E-state index in [9.17, 15) is 4.79 Å². The Bertz CT molecular complexity index is 472. The van der Waals surface area contributed by atoms with Gasteiger partial charge in [-0.25, -0.2) is 19.3 Å². The number of nitrogens with zero attached hydrogens (tertiary/aromatic N) is 4. The predicted molar refractivity (Wildman–Crippen MR) is 60.7 cm³/mol. The van der Waals surface area contributed by atoms with Crippen molar-refractivity contribution < 1.29 is 9.28 Å². The van der Waals surface area contributed by atoms with E-state index in [4.69, 9.17) is 0 Å². The third-order valence-electron chi connectivity index (χ3n) is 2.92. The van der Waals surface area contributed by atoms with Gasteiger partial charge in [0.2, 0.25) is 6.34 Å². The summed E-state index contributed by atoms with van der Waals surface area (Å²) in [7, 11) is 1.85. The second kappa shape index (κ2) is 3.68. The molecule has 1 amide bonds. The number of hydrogen-bond donors (Lipinski definition) is 0. The maximum Gasteiger partial charge on any atom is 0.439 e. The number of aromatic nitrogens is 2. The van der Waals surface area contributed by atoms with Gasteiger partial charge in [0.05, 0.1) is 7.05 Å². The maximum absolute atomic E-state index is 12.3. The molecule has 0 saturated heterocycles. The Kier molecular flexibility index (Phi) is 2.47. The number of carbonyl (C=O) groups is 1. The largest absolute Gasteiger partial charge is 0.439 e. The second-order valence-corrected chi connectivity index (χ2v) is 3.96. The first-order chi connectivity index (χ1) is 7.59. The monoisotopic (exact) mass is 219 g/mol. The highest BCUT2D eigenvalue weighted by molar-refractivity contribution is 5.80. The second-order valence-electron chi connectivity index (χ2n) is 3.96. The van der Waals surface area contributed by atoms with E-state index < -0.39 is 0 Å². The summed E-state index contributed by atoms with van der Waals surface area (Å²) in [6.45, 7) is 3.96. The molecule has 5 heteroatoms. The molecular formula is C11H15N4O+. The van der Waals surface area contributed by atoms with Crippen LogP contribution in [0, 0.1) is 0 Å². The number of rotatable bonds is 1. The van der Waals surface area contributed by atoms with Crippen LogP contribution >= 0.6 is 0 Å². The van der Waals surface area contributed by atoms with Crippen LogP contribution in [0.2, 0.25) is 0 Å². The van der Waals surface area contributed by atoms with Crippen LogP contribution < -0.4 is 0 Å². The first-order valence-electron chi connectivity index (χ1n) is 5.24. The van der Waals surface area contributed by atoms with Crippen LogP contribution in [-0.4, -0.2) is 33.5 Å². The fraction of sp³-hybridized carbons (Fsp3) is 0.364. The molecule has 5 nitrogen and oxygen atoms in total. The minimum Gasteiger partial charge on any atom is -0.245 e. The summed E-state index contributed by atoms with van der Waals surface area (Å²) >= 11 is 0. The molecule has 2 heterocycles. The topological polar surface area (TPSA) is 47.2 Å². The maximum atomic E-state index is 12.3. The minimum atomic E-state index is -0.0602. The van der Waals surface area contributed by atoms with Gasteiger partial charge in [0.15, 0.2) is 0 Å².